The van der Waals surface area contributed by atoms with Crippen LogP contribution in [0, 0.1) is 5.92 Å². The fourth-order valence-corrected chi connectivity index (χ4v) is 2.40. The van der Waals surface area contributed by atoms with Gasteiger partial charge in [0.2, 0.25) is 0 Å². The molecular formula is C13H16O2. The first-order valence-corrected chi connectivity index (χ1v) is 5.54. The Kier molecular flexibility index (Phi) is 3.05. The number of aliphatic carboxylic acids is 1. The summed E-state index contributed by atoms with van der Waals surface area (Å²) in [5.41, 5.74) is 2.91. The molecule has 1 N–H and O–H groups in total. The lowest BCUT2D eigenvalue weighted by Gasteiger charge is -2.06. The van der Waals surface area contributed by atoms with Gasteiger partial charge in [0.25, 0.3) is 0 Å². The summed E-state index contributed by atoms with van der Waals surface area (Å²) in [7, 11) is 0. The molecule has 15 heavy (non-hydrogen) atoms. The number of hydrogen-bond acceptors (Lipinski definition) is 1. The van der Waals surface area contributed by atoms with Gasteiger partial charge in [-0.05, 0) is 42.7 Å². The average Bonchev–Trinajstić information content (AvgIpc) is 2.59. The van der Waals surface area contributed by atoms with Crippen molar-refractivity contribution in [1.29, 1.82) is 0 Å². The highest BCUT2D eigenvalue weighted by Crippen LogP contribution is 2.29. The number of benzene rings is 1. The van der Waals surface area contributed by atoms with E-state index in [0.29, 0.717) is 12.3 Å². The molecule has 2 rings (SSSR count). The third-order valence-electron chi connectivity index (χ3n) is 3.14. The van der Waals surface area contributed by atoms with Crippen LogP contribution in [0.2, 0.25) is 0 Å². The molecule has 0 atom stereocenters. The van der Waals surface area contributed by atoms with Gasteiger partial charge in [0, 0.05) is 6.42 Å². The zero-order chi connectivity index (χ0) is 10.7. The largest absolute Gasteiger partial charge is 0.481 e. The monoisotopic (exact) mass is 204 g/mol. The van der Waals surface area contributed by atoms with Crippen molar-refractivity contribution in [3.8, 4) is 0 Å². The molecule has 0 spiro atoms. The standard InChI is InChI=1S/C13H16O2/c14-13(15)7-3-4-10-8-11-5-1-2-6-12(11)9-10/h1-2,5-6,10H,3-4,7-9H2,(H,14,15). The Balaban J connectivity index is 1.83. The summed E-state index contributed by atoms with van der Waals surface area (Å²) in [6.07, 6.45) is 4.44. The van der Waals surface area contributed by atoms with Crippen molar-refractivity contribution in [1.82, 2.24) is 0 Å². The molecular weight excluding hydrogens is 188 g/mol. The van der Waals surface area contributed by atoms with Crippen LogP contribution in [0.15, 0.2) is 24.3 Å². The van der Waals surface area contributed by atoms with Crippen LogP contribution < -0.4 is 0 Å². The van der Waals surface area contributed by atoms with Gasteiger partial charge < -0.3 is 5.11 Å². The molecule has 0 radical (unpaired) electrons. The van der Waals surface area contributed by atoms with Crippen molar-refractivity contribution in [2.75, 3.05) is 0 Å². The normalized spacial score (nSPS) is 15.2. The molecule has 1 aliphatic carbocycles. The van der Waals surface area contributed by atoms with Crippen molar-refractivity contribution >= 4 is 5.97 Å². The maximum absolute atomic E-state index is 10.4. The lowest BCUT2D eigenvalue weighted by molar-refractivity contribution is -0.137. The molecule has 0 saturated heterocycles. The van der Waals surface area contributed by atoms with Crippen molar-refractivity contribution in [2.45, 2.75) is 32.1 Å². The Morgan fingerprint density at radius 1 is 1.27 bits per heavy atom. The maximum atomic E-state index is 10.4. The van der Waals surface area contributed by atoms with E-state index in [0.717, 1.165) is 25.7 Å². The fraction of sp³-hybridized carbons (Fsp3) is 0.462. The van der Waals surface area contributed by atoms with E-state index in [9.17, 15) is 4.79 Å². The van der Waals surface area contributed by atoms with Gasteiger partial charge in [-0.3, -0.25) is 4.79 Å². The van der Waals surface area contributed by atoms with Crippen LogP contribution in [0.25, 0.3) is 0 Å². The highest BCUT2D eigenvalue weighted by molar-refractivity contribution is 5.66. The highest BCUT2D eigenvalue weighted by atomic mass is 16.4. The zero-order valence-electron chi connectivity index (χ0n) is 8.78. The molecule has 1 aromatic rings. The SMILES string of the molecule is O=C(O)CCCC1Cc2ccccc2C1. The molecule has 0 saturated carbocycles. The van der Waals surface area contributed by atoms with E-state index < -0.39 is 5.97 Å². The van der Waals surface area contributed by atoms with Gasteiger partial charge in [0.15, 0.2) is 0 Å². The van der Waals surface area contributed by atoms with E-state index >= 15 is 0 Å². The van der Waals surface area contributed by atoms with E-state index in [4.69, 9.17) is 5.11 Å². The van der Waals surface area contributed by atoms with Gasteiger partial charge in [0.1, 0.15) is 0 Å². The smallest absolute Gasteiger partial charge is 0.303 e. The van der Waals surface area contributed by atoms with Gasteiger partial charge in [0.05, 0.1) is 0 Å². The van der Waals surface area contributed by atoms with Crippen molar-refractivity contribution < 1.29 is 9.90 Å². The highest BCUT2D eigenvalue weighted by Gasteiger charge is 2.20. The number of carboxylic acid groups (broad SMARTS) is 1. The summed E-state index contributed by atoms with van der Waals surface area (Å²) >= 11 is 0. The summed E-state index contributed by atoms with van der Waals surface area (Å²) in [6.45, 7) is 0. The van der Waals surface area contributed by atoms with Gasteiger partial charge in [-0.25, -0.2) is 0 Å². The number of carboxylic acids is 1. The molecule has 2 nitrogen and oxygen atoms in total. The fourth-order valence-electron chi connectivity index (χ4n) is 2.40. The van der Waals surface area contributed by atoms with Gasteiger partial charge >= 0.3 is 5.97 Å². The minimum absolute atomic E-state index is 0.312. The van der Waals surface area contributed by atoms with Crippen molar-refractivity contribution in [3.05, 3.63) is 35.4 Å². The van der Waals surface area contributed by atoms with E-state index in [-0.39, 0.29) is 0 Å². The Labute approximate surface area is 89.9 Å². The molecule has 1 aromatic carbocycles. The first-order chi connectivity index (χ1) is 7.25. The Morgan fingerprint density at radius 3 is 2.40 bits per heavy atom. The number of fused-ring (bicyclic) bond motifs is 1. The molecule has 1 aliphatic rings. The van der Waals surface area contributed by atoms with Crippen LogP contribution in [0.1, 0.15) is 30.4 Å². The van der Waals surface area contributed by atoms with E-state index in [1.807, 2.05) is 0 Å². The Hall–Kier alpha value is -1.31. The van der Waals surface area contributed by atoms with Gasteiger partial charge in [-0.2, -0.15) is 0 Å². The topological polar surface area (TPSA) is 37.3 Å². The van der Waals surface area contributed by atoms with Crippen LogP contribution in [0.5, 0.6) is 0 Å². The van der Waals surface area contributed by atoms with Crippen LogP contribution in [-0.4, -0.2) is 11.1 Å². The lowest BCUT2D eigenvalue weighted by atomic mass is 9.99. The molecule has 0 bridgehead atoms. The molecule has 0 fully saturated rings. The van der Waals surface area contributed by atoms with Crippen LogP contribution in [0.3, 0.4) is 0 Å². The van der Waals surface area contributed by atoms with E-state index in [2.05, 4.69) is 24.3 Å². The quantitative estimate of drug-likeness (QED) is 0.818. The summed E-state index contributed by atoms with van der Waals surface area (Å²) in [4.78, 5) is 10.4. The van der Waals surface area contributed by atoms with Crippen molar-refractivity contribution in [3.63, 3.8) is 0 Å². The van der Waals surface area contributed by atoms with Crippen LogP contribution in [-0.2, 0) is 17.6 Å². The third-order valence-corrected chi connectivity index (χ3v) is 3.14. The zero-order valence-corrected chi connectivity index (χ0v) is 8.78. The van der Waals surface area contributed by atoms with Gasteiger partial charge in [-0.15, -0.1) is 0 Å². The van der Waals surface area contributed by atoms with E-state index in [1.165, 1.54) is 11.1 Å². The number of hydrogen-bond donors (Lipinski definition) is 1. The Bertz CT molecular complexity index is 332. The first-order valence-electron chi connectivity index (χ1n) is 5.54. The molecule has 80 valence electrons. The first kappa shape index (κ1) is 10.2. The second kappa shape index (κ2) is 4.47. The third kappa shape index (κ3) is 2.58. The number of rotatable bonds is 4. The molecule has 2 heteroatoms. The molecule has 0 heterocycles. The predicted molar refractivity (Wildman–Crippen MR) is 58.8 cm³/mol. The predicted octanol–water partition coefficient (Wildman–Crippen LogP) is 2.66. The lowest BCUT2D eigenvalue weighted by Crippen LogP contribution is -2.02. The minimum Gasteiger partial charge on any atom is -0.481 e. The van der Waals surface area contributed by atoms with E-state index in [1.54, 1.807) is 0 Å². The Morgan fingerprint density at radius 2 is 1.87 bits per heavy atom. The molecule has 0 aromatic heterocycles. The number of carbonyl (C=O) groups is 1. The molecule has 0 aliphatic heterocycles. The van der Waals surface area contributed by atoms with Crippen LogP contribution >= 0.6 is 0 Å². The summed E-state index contributed by atoms with van der Waals surface area (Å²) < 4.78 is 0. The van der Waals surface area contributed by atoms with Crippen LogP contribution in [0.4, 0.5) is 0 Å². The van der Waals surface area contributed by atoms with Crippen molar-refractivity contribution in [2.24, 2.45) is 5.92 Å². The maximum Gasteiger partial charge on any atom is 0.303 e. The van der Waals surface area contributed by atoms with Gasteiger partial charge in [-0.1, -0.05) is 24.3 Å². The average molecular weight is 204 g/mol. The summed E-state index contributed by atoms with van der Waals surface area (Å²) in [5, 5.41) is 8.56. The second-order valence-corrected chi connectivity index (χ2v) is 4.33. The minimum atomic E-state index is -0.675. The summed E-state index contributed by atoms with van der Waals surface area (Å²) in [5.74, 6) is -0.00717. The molecule has 0 unspecified atom stereocenters. The second-order valence-electron chi connectivity index (χ2n) is 4.33. The summed E-state index contributed by atoms with van der Waals surface area (Å²) in [6, 6.07) is 8.54. The molecule has 0 amide bonds.